The molecule has 1 aromatic rings. The number of likely N-dealkylation sites (N-methyl/N-ethyl adjacent to an activating group) is 1. The fraction of sp³-hybridized carbons (Fsp3) is 0.750. The molecule has 2 rings (SSSR count). The molecule has 0 bridgehead atoms. The van der Waals surface area contributed by atoms with E-state index in [0.29, 0.717) is 19.0 Å². The molecule has 1 unspecified atom stereocenters. The number of hydrogen-bond acceptors (Lipinski definition) is 4. The van der Waals surface area contributed by atoms with Crippen molar-refractivity contribution in [2.45, 2.75) is 51.6 Å². The summed E-state index contributed by atoms with van der Waals surface area (Å²) < 4.78 is 0. The third kappa shape index (κ3) is 4.95. The average Bonchev–Trinajstić information content (AvgIpc) is 3.16. The number of nitrogens with one attached hydrogen (secondary N) is 1. The maximum Gasteiger partial charge on any atom is 0.317 e. The lowest BCUT2D eigenvalue weighted by molar-refractivity contribution is 0.113. The average molecular weight is 325 g/mol. The van der Waals surface area contributed by atoms with E-state index in [0.717, 1.165) is 30.0 Å². The molecule has 2 amide bonds. The van der Waals surface area contributed by atoms with Crippen LogP contribution in [0.15, 0.2) is 5.38 Å². The van der Waals surface area contributed by atoms with Crippen LogP contribution in [-0.2, 0) is 11.8 Å². The monoisotopic (exact) mass is 325 g/mol. The van der Waals surface area contributed by atoms with Crippen LogP contribution >= 0.6 is 11.3 Å². The van der Waals surface area contributed by atoms with E-state index in [1.165, 1.54) is 0 Å². The van der Waals surface area contributed by atoms with Crippen LogP contribution in [0.4, 0.5) is 4.79 Å². The Hall–Kier alpha value is -1.14. The molecule has 0 aromatic carbocycles. The predicted molar refractivity (Wildman–Crippen MR) is 89.3 cm³/mol. The van der Waals surface area contributed by atoms with Crippen LogP contribution in [0.2, 0.25) is 0 Å². The summed E-state index contributed by atoms with van der Waals surface area (Å²) in [5, 5.41) is 15.9. The number of aliphatic hydroxyl groups excluding tert-OH is 1. The van der Waals surface area contributed by atoms with E-state index in [1.807, 2.05) is 0 Å². The van der Waals surface area contributed by atoms with Crippen molar-refractivity contribution < 1.29 is 9.90 Å². The molecule has 1 aliphatic rings. The van der Waals surface area contributed by atoms with Gasteiger partial charge in [0.2, 0.25) is 0 Å². The minimum absolute atomic E-state index is 0.0747. The number of carbonyl (C=O) groups excluding carboxylic acids is 1. The topological polar surface area (TPSA) is 65.5 Å². The third-order valence-corrected chi connectivity index (χ3v) is 5.14. The first-order chi connectivity index (χ1) is 10.3. The predicted octanol–water partition coefficient (Wildman–Crippen LogP) is 2.40. The first kappa shape index (κ1) is 17.2. The summed E-state index contributed by atoms with van der Waals surface area (Å²) in [6.07, 6.45) is 2.51. The molecular formula is C16H27N3O2S. The van der Waals surface area contributed by atoms with Gasteiger partial charge in [-0.25, -0.2) is 9.78 Å². The normalized spacial score (nSPS) is 16.4. The summed E-state index contributed by atoms with van der Waals surface area (Å²) in [4.78, 5) is 18.1. The third-order valence-electron chi connectivity index (χ3n) is 3.82. The van der Waals surface area contributed by atoms with Gasteiger partial charge in [0.15, 0.2) is 0 Å². The van der Waals surface area contributed by atoms with E-state index in [1.54, 1.807) is 23.3 Å². The number of urea groups is 1. The Labute approximate surface area is 136 Å². The highest BCUT2D eigenvalue weighted by atomic mass is 32.1. The molecule has 2 N–H and O–H groups in total. The summed E-state index contributed by atoms with van der Waals surface area (Å²) in [5.41, 5.74) is 1.10. The van der Waals surface area contributed by atoms with E-state index in [9.17, 15) is 9.90 Å². The first-order valence-corrected chi connectivity index (χ1v) is 8.77. The lowest BCUT2D eigenvalue weighted by atomic mass is 9.98. The van der Waals surface area contributed by atoms with Crippen LogP contribution in [0.5, 0.6) is 0 Å². The minimum Gasteiger partial charge on any atom is -0.391 e. The van der Waals surface area contributed by atoms with Crippen molar-refractivity contribution in [1.82, 2.24) is 15.2 Å². The Morgan fingerprint density at radius 1 is 1.55 bits per heavy atom. The summed E-state index contributed by atoms with van der Waals surface area (Å²) in [5.74, 6) is 0.390. The number of thiazole rings is 1. The zero-order valence-electron chi connectivity index (χ0n) is 13.9. The van der Waals surface area contributed by atoms with Gasteiger partial charge in [-0.15, -0.1) is 11.3 Å². The highest BCUT2D eigenvalue weighted by Gasteiger charge is 2.31. The van der Waals surface area contributed by atoms with Gasteiger partial charge in [0.1, 0.15) is 0 Å². The largest absolute Gasteiger partial charge is 0.391 e. The molecule has 1 aliphatic carbocycles. The van der Waals surface area contributed by atoms with Gasteiger partial charge in [-0.3, -0.25) is 0 Å². The van der Waals surface area contributed by atoms with Crippen LogP contribution < -0.4 is 5.32 Å². The Balaban J connectivity index is 1.71. The number of amides is 2. The van der Waals surface area contributed by atoms with Gasteiger partial charge in [0.25, 0.3) is 0 Å². The molecule has 1 heterocycles. The minimum atomic E-state index is -0.386. The first-order valence-electron chi connectivity index (χ1n) is 7.89. The quantitative estimate of drug-likeness (QED) is 0.844. The Morgan fingerprint density at radius 3 is 2.77 bits per heavy atom. The molecule has 22 heavy (non-hydrogen) atoms. The number of hydrogen-bond donors (Lipinski definition) is 2. The van der Waals surface area contributed by atoms with Gasteiger partial charge in [-0.1, -0.05) is 20.8 Å². The molecule has 6 heteroatoms. The highest BCUT2D eigenvalue weighted by molar-refractivity contribution is 7.09. The molecule has 1 atom stereocenters. The number of carbonyl (C=O) groups is 1. The van der Waals surface area contributed by atoms with E-state index < -0.39 is 0 Å². The second-order valence-corrected chi connectivity index (χ2v) is 8.02. The summed E-state index contributed by atoms with van der Waals surface area (Å²) >= 11 is 1.67. The molecule has 1 fully saturated rings. The number of rotatable bonds is 6. The Morgan fingerprint density at radius 2 is 2.23 bits per heavy atom. The van der Waals surface area contributed by atoms with Crippen molar-refractivity contribution in [2.75, 3.05) is 20.1 Å². The molecule has 1 aromatic heterocycles. The summed E-state index contributed by atoms with van der Waals surface area (Å²) in [7, 11) is 1.72. The lowest BCUT2D eigenvalue weighted by Crippen LogP contribution is -2.42. The van der Waals surface area contributed by atoms with E-state index >= 15 is 0 Å². The standard InChI is InChI=1S/C16H27N3O2S/c1-16(2,3)14-18-12(10-22-14)7-8-17-15(21)19(4)9-13(20)11-5-6-11/h10-11,13,20H,5-9H2,1-4H3,(H,17,21). The van der Waals surface area contributed by atoms with Crippen LogP contribution in [0.25, 0.3) is 0 Å². The van der Waals surface area contributed by atoms with Crippen LogP contribution in [0.1, 0.15) is 44.3 Å². The van der Waals surface area contributed by atoms with Crippen LogP contribution in [-0.4, -0.2) is 47.3 Å². The Bertz CT molecular complexity index is 506. The molecule has 124 valence electrons. The fourth-order valence-corrected chi connectivity index (χ4v) is 3.13. The van der Waals surface area contributed by atoms with Gasteiger partial charge in [0, 0.05) is 37.4 Å². The number of aliphatic hydroxyl groups is 1. The molecule has 0 radical (unpaired) electrons. The zero-order valence-corrected chi connectivity index (χ0v) is 14.7. The molecule has 0 spiro atoms. The highest BCUT2D eigenvalue weighted by Crippen LogP contribution is 2.32. The van der Waals surface area contributed by atoms with Crippen LogP contribution in [0, 0.1) is 5.92 Å². The summed E-state index contributed by atoms with van der Waals surface area (Å²) in [6.45, 7) is 7.42. The molecule has 0 saturated heterocycles. The second-order valence-electron chi connectivity index (χ2n) is 7.16. The van der Waals surface area contributed by atoms with Gasteiger partial charge in [-0.05, 0) is 18.8 Å². The fourth-order valence-electron chi connectivity index (χ4n) is 2.19. The van der Waals surface area contributed by atoms with Crippen LogP contribution in [0.3, 0.4) is 0 Å². The van der Waals surface area contributed by atoms with Crippen molar-refractivity contribution in [3.05, 3.63) is 16.1 Å². The molecule has 0 aliphatic heterocycles. The number of nitrogens with zero attached hydrogens (tertiary/aromatic N) is 2. The van der Waals surface area contributed by atoms with Crippen molar-refractivity contribution in [3.8, 4) is 0 Å². The van der Waals surface area contributed by atoms with Gasteiger partial charge < -0.3 is 15.3 Å². The number of aromatic nitrogens is 1. The Kier molecular flexibility index (Phi) is 5.45. The van der Waals surface area contributed by atoms with Gasteiger partial charge in [0.05, 0.1) is 16.8 Å². The lowest BCUT2D eigenvalue weighted by Gasteiger charge is -2.21. The molecule has 1 saturated carbocycles. The molecule has 5 nitrogen and oxygen atoms in total. The maximum atomic E-state index is 12.0. The second kappa shape index (κ2) is 6.96. The van der Waals surface area contributed by atoms with Gasteiger partial charge in [-0.2, -0.15) is 0 Å². The van der Waals surface area contributed by atoms with Crippen molar-refractivity contribution in [3.63, 3.8) is 0 Å². The van der Waals surface area contributed by atoms with Crippen molar-refractivity contribution in [2.24, 2.45) is 5.92 Å². The van der Waals surface area contributed by atoms with Gasteiger partial charge >= 0.3 is 6.03 Å². The SMILES string of the molecule is CN(CC(O)C1CC1)C(=O)NCCc1csc(C(C)(C)C)n1. The van der Waals surface area contributed by atoms with E-state index in [2.05, 4.69) is 36.5 Å². The smallest absolute Gasteiger partial charge is 0.317 e. The van der Waals surface area contributed by atoms with Crippen molar-refractivity contribution >= 4 is 17.4 Å². The maximum absolute atomic E-state index is 12.0. The summed E-state index contributed by atoms with van der Waals surface area (Å²) in [6, 6.07) is -0.133. The van der Waals surface area contributed by atoms with E-state index in [4.69, 9.17) is 0 Å². The van der Waals surface area contributed by atoms with E-state index in [-0.39, 0.29) is 17.6 Å². The molecular weight excluding hydrogens is 298 g/mol. The van der Waals surface area contributed by atoms with Crippen molar-refractivity contribution in [1.29, 1.82) is 0 Å². The zero-order chi connectivity index (χ0) is 16.3.